The van der Waals surface area contributed by atoms with E-state index in [1.54, 1.807) is 6.92 Å². The molecule has 0 aromatic heterocycles. The van der Waals surface area contributed by atoms with Gasteiger partial charge in [-0.25, -0.2) is 0 Å². The van der Waals surface area contributed by atoms with Gasteiger partial charge in [0.05, 0.1) is 0 Å². The molecular weight excluding hydrogens is 208 g/mol. The topological polar surface area (TPSA) is 17.1 Å². The van der Waals surface area contributed by atoms with Crippen LogP contribution < -0.4 is 0 Å². The van der Waals surface area contributed by atoms with Crippen molar-refractivity contribution in [3.05, 3.63) is 0 Å². The summed E-state index contributed by atoms with van der Waals surface area (Å²) in [5.41, 5.74) is 0. The molecule has 0 aliphatic heterocycles. The van der Waals surface area contributed by atoms with Gasteiger partial charge in [0, 0.05) is 6.42 Å². The Balaban J connectivity index is 3.68. The molecule has 0 aromatic carbocycles. The number of unbranched alkanes of at least 4 members (excludes halogenated alkanes) is 6. The number of carbonyl (C=O) groups is 1. The van der Waals surface area contributed by atoms with Crippen LogP contribution >= 0.6 is 0 Å². The minimum absolute atomic E-state index is 0.376. The SMILES string of the molecule is CCCCCCC(CCCCCC)CC(C)=O. The van der Waals surface area contributed by atoms with Gasteiger partial charge in [-0.2, -0.15) is 0 Å². The molecule has 0 amide bonds. The Morgan fingerprint density at radius 2 is 1.29 bits per heavy atom. The maximum Gasteiger partial charge on any atom is 0.130 e. The van der Waals surface area contributed by atoms with Crippen molar-refractivity contribution >= 4 is 5.78 Å². The quantitative estimate of drug-likeness (QED) is 0.410. The van der Waals surface area contributed by atoms with Crippen molar-refractivity contribution in [2.75, 3.05) is 0 Å². The lowest BCUT2D eigenvalue weighted by Crippen LogP contribution is -2.06. The van der Waals surface area contributed by atoms with Gasteiger partial charge in [-0.1, -0.05) is 78.1 Å². The highest BCUT2D eigenvalue weighted by molar-refractivity contribution is 5.75. The van der Waals surface area contributed by atoms with E-state index >= 15 is 0 Å². The van der Waals surface area contributed by atoms with Gasteiger partial charge in [-0.3, -0.25) is 0 Å². The summed E-state index contributed by atoms with van der Waals surface area (Å²) in [6.07, 6.45) is 14.0. The zero-order valence-corrected chi connectivity index (χ0v) is 12.3. The molecule has 0 saturated heterocycles. The average Bonchev–Trinajstić information content (AvgIpc) is 2.29. The molecule has 0 atom stereocenters. The Kier molecular flexibility index (Phi) is 11.9. The van der Waals surface area contributed by atoms with Gasteiger partial charge in [0.15, 0.2) is 0 Å². The summed E-state index contributed by atoms with van der Waals surface area (Å²) in [4.78, 5) is 11.2. The van der Waals surface area contributed by atoms with Crippen LogP contribution in [0.3, 0.4) is 0 Å². The number of hydrogen-bond acceptors (Lipinski definition) is 1. The monoisotopic (exact) mass is 240 g/mol. The van der Waals surface area contributed by atoms with Crippen LogP contribution in [-0.4, -0.2) is 5.78 Å². The third kappa shape index (κ3) is 11.9. The second-order valence-corrected chi connectivity index (χ2v) is 5.47. The molecule has 0 unspecified atom stereocenters. The van der Waals surface area contributed by atoms with E-state index in [4.69, 9.17) is 0 Å². The molecule has 0 rings (SSSR count). The van der Waals surface area contributed by atoms with Crippen LogP contribution in [-0.2, 0) is 4.79 Å². The zero-order chi connectivity index (χ0) is 12.9. The lowest BCUT2D eigenvalue weighted by atomic mass is 9.90. The fourth-order valence-corrected chi connectivity index (χ4v) is 2.47. The predicted molar refractivity (Wildman–Crippen MR) is 76.3 cm³/mol. The van der Waals surface area contributed by atoms with Gasteiger partial charge < -0.3 is 4.79 Å². The normalized spacial score (nSPS) is 11.1. The summed E-state index contributed by atoms with van der Waals surface area (Å²) in [5, 5.41) is 0. The molecule has 0 aliphatic rings. The number of rotatable bonds is 12. The minimum atomic E-state index is 0.376. The van der Waals surface area contributed by atoms with E-state index < -0.39 is 0 Å². The third-order valence-corrected chi connectivity index (χ3v) is 3.51. The van der Waals surface area contributed by atoms with E-state index in [0.29, 0.717) is 11.7 Å². The summed E-state index contributed by atoms with van der Waals surface area (Å²) < 4.78 is 0. The molecule has 0 heterocycles. The largest absolute Gasteiger partial charge is 0.300 e. The molecule has 0 bridgehead atoms. The molecule has 1 heteroatoms. The standard InChI is InChI=1S/C16H32O/c1-4-6-8-10-12-16(14-15(3)17)13-11-9-7-5-2/h16H,4-14H2,1-3H3. The van der Waals surface area contributed by atoms with Crippen LogP contribution in [0.2, 0.25) is 0 Å². The first-order valence-electron chi connectivity index (χ1n) is 7.70. The third-order valence-electron chi connectivity index (χ3n) is 3.51. The smallest absolute Gasteiger partial charge is 0.130 e. The molecule has 0 fully saturated rings. The molecule has 0 N–H and O–H groups in total. The summed E-state index contributed by atoms with van der Waals surface area (Å²) in [6.45, 7) is 6.24. The molecule has 17 heavy (non-hydrogen) atoms. The second kappa shape index (κ2) is 12.1. The zero-order valence-electron chi connectivity index (χ0n) is 12.3. The van der Waals surface area contributed by atoms with E-state index in [9.17, 15) is 4.79 Å². The Labute approximate surface area is 108 Å². The van der Waals surface area contributed by atoms with Crippen LogP contribution in [0.5, 0.6) is 0 Å². The lowest BCUT2D eigenvalue weighted by molar-refractivity contribution is -0.118. The fourth-order valence-electron chi connectivity index (χ4n) is 2.47. The molecular formula is C16H32O. The highest BCUT2D eigenvalue weighted by Crippen LogP contribution is 2.21. The summed E-state index contributed by atoms with van der Waals surface area (Å²) in [7, 11) is 0. The molecule has 0 aromatic rings. The van der Waals surface area contributed by atoms with E-state index in [-0.39, 0.29) is 0 Å². The Morgan fingerprint density at radius 3 is 1.65 bits per heavy atom. The lowest BCUT2D eigenvalue weighted by Gasteiger charge is -2.15. The second-order valence-electron chi connectivity index (χ2n) is 5.47. The van der Waals surface area contributed by atoms with Crippen molar-refractivity contribution in [3.8, 4) is 0 Å². The van der Waals surface area contributed by atoms with Crippen LogP contribution in [0, 0.1) is 5.92 Å². The van der Waals surface area contributed by atoms with Gasteiger partial charge in [0.25, 0.3) is 0 Å². The van der Waals surface area contributed by atoms with Crippen molar-refractivity contribution in [1.82, 2.24) is 0 Å². The van der Waals surface area contributed by atoms with Gasteiger partial charge in [-0.05, 0) is 12.8 Å². The van der Waals surface area contributed by atoms with Crippen molar-refractivity contribution in [2.24, 2.45) is 5.92 Å². The van der Waals surface area contributed by atoms with Gasteiger partial charge in [0.1, 0.15) is 5.78 Å². The van der Waals surface area contributed by atoms with Gasteiger partial charge >= 0.3 is 0 Å². The van der Waals surface area contributed by atoms with E-state index in [1.807, 2.05) is 0 Å². The summed E-state index contributed by atoms with van der Waals surface area (Å²) in [5.74, 6) is 1.04. The Hall–Kier alpha value is -0.330. The molecule has 102 valence electrons. The highest BCUT2D eigenvalue weighted by Gasteiger charge is 2.10. The summed E-state index contributed by atoms with van der Waals surface area (Å²) in [6, 6.07) is 0. The van der Waals surface area contributed by atoms with Crippen LogP contribution in [0.4, 0.5) is 0 Å². The van der Waals surface area contributed by atoms with Gasteiger partial charge in [0.2, 0.25) is 0 Å². The summed E-state index contributed by atoms with van der Waals surface area (Å²) >= 11 is 0. The molecule has 0 radical (unpaired) electrons. The van der Waals surface area contributed by atoms with E-state index in [2.05, 4.69) is 13.8 Å². The maximum absolute atomic E-state index is 11.2. The van der Waals surface area contributed by atoms with Crippen molar-refractivity contribution in [3.63, 3.8) is 0 Å². The number of Topliss-reactive ketones (excluding diaryl/α,β-unsaturated/α-hetero) is 1. The van der Waals surface area contributed by atoms with Gasteiger partial charge in [-0.15, -0.1) is 0 Å². The first kappa shape index (κ1) is 16.7. The molecule has 0 saturated carbocycles. The maximum atomic E-state index is 11.2. The van der Waals surface area contributed by atoms with Crippen LogP contribution in [0.15, 0.2) is 0 Å². The highest BCUT2D eigenvalue weighted by atomic mass is 16.1. The van der Waals surface area contributed by atoms with Crippen molar-refractivity contribution in [2.45, 2.75) is 91.4 Å². The minimum Gasteiger partial charge on any atom is -0.300 e. The fraction of sp³-hybridized carbons (Fsp3) is 0.938. The number of ketones is 1. The molecule has 1 nitrogen and oxygen atoms in total. The first-order chi connectivity index (χ1) is 8.20. The van der Waals surface area contributed by atoms with E-state index in [1.165, 1.54) is 64.2 Å². The predicted octanol–water partition coefficient (Wildman–Crippen LogP) is 5.52. The number of hydrogen-bond donors (Lipinski definition) is 0. The Bertz CT molecular complexity index is 162. The Morgan fingerprint density at radius 1 is 0.824 bits per heavy atom. The number of carbonyl (C=O) groups excluding carboxylic acids is 1. The van der Waals surface area contributed by atoms with Crippen LogP contribution in [0.1, 0.15) is 91.4 Å². The average molecular weight is 240 g/mol. The first-order valence-corrected chi connectivity index (χ1v) is 7.70. The molecule has 0 spiro atoms. The molecule has 0 aliphatic carbocycles. The van der Waals surface area contributed by atoms with Crippen molar-refractivity contribution < 1.29 is 4.79 Å². The van der Waals surface area contributed by atoms with Crippen molar-refractivity contribution in [1.29, 1.82) is 0 Å². The van der Waals surface area contributed by atoms with Crippen LogP contribution in [0.25, 0.3) is 0 Å². The van der Waals surface area contributed by atoms with E-state index in [0.717, 1.165) is 6.42 Å².